The third kappa shape index (κ3) is 2.77. The maximum atomic E-state index is 12.3. The van der Waals surface area contributed by atoms with Crippen LogP contribution < -0.4 is 10.1 Å². The fraction of sp³-hybridized carbons (Fsp3) is 0.267. The minimum absolute atomic E-state index is 0.267. The number of benzene rings is 1. The summed E-state index contributed by atoms with van der Waals surface area (Å²) in [6.07, 6.45) is 1.39. The van der Waals surface area contributed by atoms with E-state index in [1.807, 2.05) is 39.0 Å². The highest BCUT2D eigenvalue weighted by Gasteiger charge is 2.14. The number of aromatic nitrogens is 2. The second kappa shape index (κ2) is 5.69. The second-order valence-electron chi connectivity index (χ2n) is 4.59. The van der Waals surface area contributed by atoms with Crippen LogP contribution in [0.2, 0.25) is 0 Å². The van der Waals surface area contributed by atoms with Gasteiger partial charge in [0.2, 0.25) is 0 Å². The van der Waals surface area contributed by atoms with E-state index in [2.05, 4.69) is 15.3 Å². The molecule has 2 rings (SSSR count). The number of ether oxygens (including phenoxy) is 1. The second-order valence-corrected chi connectivity index (χ2v) is 4.59. The zero-order valence-corrected chi connectivity index (χ0v) is 12.0. The Morgan fingerprint density at radius 3 is 2.65 bits per heavy atom. The van der Waals surface area contributed by atoms with Crippen LogP contribution in [0.3, 0.4) is 0 Å². The van der Waals surface area contributed by atoms with Crippen LogP contribution in [0.1, 0.15) is 27.3 Å². The minimum Gasteiger partial charge on any atom is -0.495 e. The van der Waals surface area contributed by atoms with Gasteiger partial charge in [-0.05, 0) is 38.5 Å². The van der Waals surface area contributed by atoms with Crippen molar-refractivity contribution in [3.63, 3.8) is 0 Å². The summed E-state index contributed by atoms with van der Waals surface area (Å²) in [7, 11) is 1.57. The number of methoxy groups -OCH3 is 1. The maximum Gasteiger partial charge on any atom is 0.274 e. The Bertz CT molecular complexity index is 654. The van der Waals surface area contributed by atoms with Gasteiger partial charge >= 0.3 is 0 Å². The molecule has 5 nitrogen and oxygen atoms in total. The molecule has 0 aliphatic rings. The first-order valence-corrected chi connectivity index (χ1v) is 6.27. The van der Waals surface area contributed by atoms with Crippen molar-refractivity contribution in [2.75, 3.05) is 12.4 Å². The molecule has 0 radical (unpaired) electrons. The van der Waals surface area contributed by atoms with Gasteiger partial charge in [-0.3, -0.25) is 4.79 Å². The summed E-state index contributed by atoms with van der Waals surface area (Å²) in [5.41, 5.74) is 3.61. The quantitative estimate of drug-likeness (QED) is 0.932. The lowest BCUT2D eigenvalue weighted by Crippen LogP contribution is -2.17. The fourth-order valence-corrected chi connectivity index (χ4v) is 1.87. The number of aryl methyl sites for hydroxylation is 2. The predicted octanol–water partition coefficient (Wildman–Crippen LogP) is 2.66. The van der Waals surface area contributed by atoms with Crippen molar-refractivity contribution in [1.29, 1.82) is 0 Å². The molecule has 0 unspecified atom stereocenters. The van der Waals surface area contributed by atoms with Crippen molar-refractivity contribution in [3.05, 3.63) is 47.0 Å². The Morgan fingerprint density at radius 1 is 1.20 bits per heavy atom. The maximum absolute atomic E-state index is 12.3. The van der Waals surface area contributed by atoms with Gasteiger partial charge in [-0.1, -0.05) is 6.07 Å². The fourth-order valence-electron chi connectivity index (χ4n) is 1.87. The van der Waals surface area contributed by atoms with Gasteiger partial charge in [0.05, 0.1) is 12.8 Å². The summed E-state index contributed by atoms with van der Waals surface area (Å²) in [5.74, 6) is 0.351. The van der Waals surface area contributed by atoms with Gasteiger partial charge in [0.25, 0.3) is 5.91 Å². The number of hydrogen-bond donors (Lipinski definition) is 1. The van der Waals surface area contributed by atoms with Crippen LogP contribution in [0.4, 0.5) is 5.69 Å². The monoisotopic (exact) mass is 271 g/mol. The topological polar surface area (TPSA) is 64.1 Å². The smallest absolute Gasteiger partial charge is 0.274 e. The number of rotatable bonds is 3. The van der Waals surface area contributed by atoms with E-state index in [1.165, 1.54) is 6.33 Å². The molecule has 1 aromatic heterocycles. The standard InChI is InChI=1S/C15H17N3O2/c1-9-5-6-13(20-4)12(7-9)18-15(19)14-10(2)11(3)16-8-17-14/h5-8H,1-4H3,(H,18,19). The molecule has 104 valence electrons. The molecule has 1 aromatic carbocycles. The number of nitrogens with zero attached hydrogens (tertiary/aromatic N) is 2. The molecule has 1 amide bonds. The third-order valence-electron chi connectivity index (χ3n) is 3.15. The number of hydrogen-bond acceptors (Lipinski definition) is 4. The first kappa shape index (κ1) is 14.0. The molecule has 0 saturated carbocycles. The lowest BCUT2D eigenvalue weighted by atomic mass is 10.1. The summed E-state index contributed by atoms with van der Waals surface area (Å²) in [5, 5.41) is 2.83. The molecule has 0 aliphatic heterocycles. The van der Waals surface area contributed by atoms with Gasteiger partial charge in [-0.25, -0.2) is 9.97 Å². The van der Waals surface area contributed by atoms with E-state index >= 15 is 0 Å². The molecule has 5 heteroatoms. The van der Waals surface area contributed by atoms with E-state index in [1.54, 1.807) is 7.11 Å². The molecule has 0 bridgehead atoms. The van der Waals surface area contributed by atoms with Gasteiger partial charge in [0.1, 0.15) is 17.8 Å². The summed E-state index contributed by atoms with van der Waals surface area (Å²) in [4.78, 5) is 20.4. The van der Waals surface area contributed by atoms with E-state index in [4.69, 9.17) is 4.74 Å². The molecule has 1 N–H and O–H groups in total. The molecule has 0 saturated heterocycles. The van der Waals surface area contributed by atoms with E-state index in [0.29, 0.717) is 17.1 Å². The lowest BCUT2D eigenvalue weighted by molar-refractivity contribution is 0.102. The van der Waals surface area contributed by atoms with Crippen molar-refractivity contribution in [3.8, 4) is 5.75 Å². The number of nitrogens with one attached hydrogen (secondary N) is 1. The van der Waals surface area contributed by atoms with Crippen LogP contribution >= 0.6 is 0 Å². The van der Waals surface area contributed by atoms with Crippen molar-refractivity contribution < 1.29 is 9.53 Å². The van der Waals surface area contributed by atoms with Gasteiger partial charge in [-0.2, -0.15) is 0 Å². The third-order valence-corrected chi connectivity index (χ3v) is 3.15. The molecule has 0 aliphatic carbocycles. The molecule has 2 aromatic rings. The average molecular weight is 271 g/mol. The van der Waals surface area contributed by atoms with Gasteiger partial charge < -0.3 is 10.1 Å². The van der Waals surface area contributed by atoms with Crippen molar-refractivity contribution in [1.82, 2.24) is 9.97 Å². The van der Waals surface area contributed by atoms with Crippen LogP contribution in [-0.2, 0) is 0 Å². The van der Waals surface area contributed by atoms with E-state index in [-0.39, 0.29) is 5.91 Å². The minimum atomic E-state index is -0.267. The van der Waals surface area contributed by atoms with Crippen LogP contribution in [-0.4, -0.2) is 23.0 Å². The SMILES string of the molecule is COc1ccc(C)cc1NC(=O)c1ncnc(C)c1C. The summed E-state index contributed by atoms with van der Waals surface area (Å²) in [6.45, 7) is 5.63. The van der Waals surface area contributed by atoms with E-state index in [9.17, 15) is 4.79 Å². The molecule has 1 heterocycles. The average Bonchev–Trinajstić information content (AvgIpc) is 2.42. The Labute approximate surface area is 118 Å². The molecule has 0 fully saturated rings. The van der Waals surface area contributed by atoms with Gasteiger partial charge in [0.15, 0.2) is 0 Å². The van der Waals surface area contributed by atoms with Crippen molar-refractivity contribution >= 4 is 11.6 Å². The van der Waals surface area contributed by atoms with Crippen molar-refractivity contribution in [2.45, 2.75) is 20.8 Å². The Balaban J connectivity index is 2.32. The molecular weight excluding hydrogens is 254 g/mol. The highest BCUT2D eigenvalue weighted by atomic mass is 16.5. The van der Waals surface area contributed by atoms with Gasteiger partial charge in [-0.15, -0.1) is 0 Å². The molecule has 0 atom stereocenters. The molecule has 0 spiro atoms. The van der Waals surface area contributed by atoms with Crippen LogP contribution in [0.5, 0.6) is 5.75 Å². The Morgan fingerprint density at radius 2 is 1.95 bits per heavy atom. The summed E-state index contributed by atoms with van der Waals surface area (Å²) >= 11 is 0. The first-order valence-electron chi connectivity index (χ1n) is 6.27. The number of anilines is 1. The van der Waals surface area contributed by atoms with Gasteiger partial charge in [0, 0.05) is 11.3 Å². The summed E-state index contributed by atoms with van der Waals surface area (Å²) < 4.78 is 5.24. The molecular formula is C15H17N3O2. The normalized spacial score (nSPS) is 10.2. The Kier molecular flexibility index (Phi) is 3.98. The zero-order valence-electron chi connectivity index (χ0n) is 12.0. The van der Waals surface area contributed by atoms with Crippen molar-refractivity contribution in [2.24, 2.45) is 0 Å². The van der Waals surface area contributed by atoms with Crippen LogP contribution in [0.25, 0.3) is 0 Å². The van der Waals surface area contributed by atoms with Crippen LogP contribution in [0, 0.1) is 20.8 Å². The zero-order chi connectivity index (χ0) is 14.7. The van der Waals surface area contributed by atoms with Crippen LogP contribution in [0.15, 0.2) is 24.5 Å². The number of carbonyl (C=O) groups excluding carboxylic acids is 1. The van der Waals surface area contributed by atoms with E-state index in [0.717, 1.165) is 16.8 Å². The number of carbonyl (C=O) groups is 1. The highest BCUT2D eigenvalue weighted by Crippen LogP contribution is 2.25. The lowest BCUT2D eigenvalue weighted by Gasteiger charge is -2.12. The van der Waals surface area contributed by atoms with E-state index < -0.39 is 0 Å². The molecule has 20 heavy (non-hydrogen) atoms. The largest absolute Gasteiger partial charge is 0.495 e. The Hall–Kier alpha value is -2.43. The first-order chi connectivity index (χ1) is 9.52. The highest BCUT2D eigenvalue weighted by molar-refractivity contribution is 6.04. The predicted molar refractivity (Wildman–Crippen MR) is 77.2 cm³/mol. The number of amides is 1. The summed E-state index contributed by atoms with van der Waals surface area (Å²) in [6, 6.07) is 5.61.